The number of morpholine rings is 1. The Hall–Kier alpha value is -2.17. The van der Waals surface area contributed by atoms with Gasteiger partial charge in [-0.1, -0.05) is 35.3 Å². The number of carbonyl (C=O) groups excluding carboxylic acids is 2. The van der Waals surface area contributed by atoms with Gasteiger partial charge < -0.3 is 15.0 Å². The van der Waals surface area contributed by atoms with Gasteiger partial charge in [0.1, 0.15) is 0 Å². The van der Waals surface area contributed by atoms with E-state index in [0.29, 0.717) is 13.2 Å². The normalized spacial score (nSPS) is 14.8. The molecular formula is C20H21Cl2N3O5S. The Kier molecular flexibility index (Phi) is 7.55. The number of carbonyl (C=O) groups is 2. The Morgan fingerprint density at radius 2 is 1.71 bits per heavy atom. The van der Waals surface area contributed by atoms with Crippen LogP contribution in [0.3, 0.4) is 0 Å². The second kappa shape index (κ2) is 9.97. The first kappa shape index (κ1) is 23.5. The molecule has 1 fully saturated rings. The first-order valence-electron chi connectivity index (χ1n) is 9.37. The number of nitrogens with one attached hydrogen (secondary N) is 1. The van der Waals surface area contributed by atoms with Crippen molar-refractivity contribution in [3.05, 3.63) is 58.1 Å². The molecule has 1 aliphatic rings. The molecule has 1 saturated heterocycles. The average Bonchev–Trinajstić information content (AvgIpc) is 2.76. The van der Waals surface area contributed by atoms with E-state index in [9.17, 15) is 18.0 Å². The van der Waals surface area contributed by atoms with Crippen molar-refractivity contribution in [2.75, 3.05) is 45.2 Å². The SMILES string of the molecule is CN(CC(=O)Nc1c(Cl)cccc1Cl)C(=O)c1cccc(S(=O)(=O)N2CCOCC2)c1. The van der Waals surface area contributed by atoms with Gasteiger partial charge in [-0.05, 0) is 30.3 Å². The van der Waals surface area contributed by atoms with E-state index in [4.69, 9.17) is 27.9 Å². The molecular weight excluding hydrogens is 465 g/mol. The van der Waals surface area contributed by atoms with Gasteiger partial charge in [-0.25, -0.2) is 8.42 Å². The van der Waals surface area contributed by atoms with Gasteiger partial charge in [0.15, 0.2) is 0 Å². The van der Waals surface area contributed by atoms with Crippen LogP contribution in [0.25, 0.3) is 0 Å². The molecule has 3 rings (SSSR count). The first-order chi connectivity index (χ1) is 14.7. The third-order valence-electron chi connectivity index (χ3n) is 4.64. The molecule has 2 aromatic rings. The largest absolute Gasteiger partial charge is 0.379 e. The minimum atomic E-state index is -3.74. The third-order valence-corrected chi connectivity index (χ3v) is 7.17. The molecule has 0 bridgehead atoms. The quantitative estimate of drug-likeness (QED) is 0.678. The molecule has 11 heteroatoms. The number of para-hydroxylation sites is 1. The van der Waals surface area contributed by atoms with Crippen LogP contribution in [0.2, 0.25) is 10.0 Å². The lowest BCUT2D eigenvalue weighted by Crippen LogP contribution is -2.40. The molecule has 0 aliphatic carbocycles. The third kappa shape index (κ3) is 5.55. The smallest absolute Gasteiger partial charge is 0.254 e. The molecule has 0 radical (unpaired) electrons. The van der Waals surface area contributed by atoms with Crippen molar-refractivity contribution < 1.29 is 22.7 Å². The molecule has 31 heavy (non-hydrogen) atoms. The van der Waals surface area contributed by atoms with Crippen LogP contribution in [0.5, 0.6) is 0 Å². The van der Waals surface area contributed by atoms with Crippen LogP contribution in [-0.2, 0) is 19.6 Å². The number of anilines is 1. The van der Waals surface area contributed by atoms with Crippen LogP contribution < -0.4 is 5.32 Å². The Morgan fingerprint density at radius 3 is 2.35 bits per heavy atom. The van der Waals surface area contributed by atoms with Gasteiger partial charge >= 0.3 is 0 Å². The van der Waals surface area contributed by atoms with Gasteiger partial charge in [0.2, 0.25) is 15.9 Å². The van der Waals surface area contributed by atoms with E-state index in [2.05, 4.69) is 5.32 Å². The highest BCUT2D eigenvalue weighted by Gasteiger charge is 2.27. The van der Waals surface area contributed by atoms with E-state index in [1.165, 1.54) is 40.5 Å². The summed E-state index contributed by atoms with van der Waals surface area (Å²) in [6.45, 7) is 0.882. The van der Waals surface area contributed by atoms with Gasteiger partial charge in [0.05, 0.1) is 40.4 Å². The van der Waals surface area contributed by atoms with Crippen molar-refractivity contribution in [1.29, 1.82) is 0 Å². The number of benzene rings is 2. The molecule has 0 saturated carbocycles. The average molecular weight is 486 g/mol. The van der Waals surface area contributed by atoms with Gasteiger partial charge in [-0.3, -0.25) is 9.59 Å². The Bertz CT molecular complexity index is 1070. The van der Waals surface area contributed by atoms with Crippen LogP contribution in [0.15, 0.2) is 47.4 Å². The van der Waals surface area contributed by atoms with Crippen LogP contribution in [0.1, 0.15) is 10.4 Å². The first-order valence-corrected chi connectivity index (χ1v) is 11.6. The summed E-state index contributed by atoms with van der Waals surface area (Å²) < 4.78 is 32.2. The van der Waals surface area contributed by atoms with Crippen LogP contribution in [0, 0.1) is 0 Å². The van der Waals surface area contributed by atoms with E-state index in [0.717, 1.165) is 0 Å². The van der Waals surface area contributed by atoms with E-state index in [-0.39, 0.29) is 45.8 Å². The zero-order chi connectivity index (χ0) is 22.6. The number of hydrogen-bond donors (Lipinski definition) is 1. The number of likely N-dealkylation sites (N-methyl/N-ethyl adjacent to an activating group) is 1. The monoisotopic (exact) mass is 485 g/mol. The molecule has 8 nitrogen and oxygen atoms in total. The van der Waals surface area contributed by atoms with Crippen molar-refractivity contribution in [2.24, 2.45) is 0 Å². The standard InChI is InChI=1S/C20H21Cl2N3O5S/c1-24(13-18(26)23-19-16(21)6-3-7-17(19)22)20(27)14-4-2-5-15(12-14)31(28,29)25-8-10-30-11-9-25/h2-7,12H,8-11,13H2,1H3,(H,23,26). The molecule has 0 aromatic heterocycles. The molecule has 1 heterocycles. The van der Waals surface area contributed by atoms with Gasteiger partial charge in [-0.2, -0.15) is 4.31 Å². The summed E-state index contributed by atoms with van der Waals surface area (Å²) >= 11 is 12.1. The zero-order valence-electron chi connectivity index (χ0n) is 16.7. The van der Waals surface area contributed by atoms with Crippen molar-refractivity contribution in [1.82, 2.24) is 9.21 Å². The van der Waals surface area contributed by atoms with E-state index >= 15 is 0 Å². The summed E-state index contributed by atoms with van der Waals surface area (Å²) in [5.41, 5.74) is 0.413. The fraction of sp³-hybridized carbons (Fsp3) is 0.300. The van der Waals surface area contributed by atoms with E-state index in [1.807, 2.05) is 0 Å². The Balaban J connectivity index is 1.71. The predicted molar refractivity (Wildman–Crippen MR) is 118 cm³/mol. The number of halogens is 2. The predicted octanol–water partition coefficient (Wildman–Crippen LogP) is 2.73. The molecule has 1 aliphatic heterocycles. The summed E-state index contributed by atoms with van der Waals surface area (Å²) in [5, 5.41) is 3.13. The molecule has 166 valence electrons. The molecule has 1 N–H and O–H groups in total. The molecule has 0 atom stereocenters. The summed E-state index contributed by atoms with van der Waals surface area (Å²) in [6.07, 6.45) is 0. The van der Waals surface area contributed by atoms with Crippen molar-refractivity contribution in [3.63, 3.8) is 0 Å². The van der Waals surface area contributed by atoms with E-state index in [1.54, 1.807) is 18.2 Å². The molecule has 0 spiro atoms. The second-order valence-corrected chi connectivity index (χ2v) is 9.60. The molecule has 2 aromatic carbocycles. The maximum Gasteiger partial charge on any atom is 0.254 e. The lowest BCUT2D eigenvalue weighted by atomic mass is 10.2. The maximum absolute atomic E-state index is 12.8. The zero-order valence-corrected chi connectivity index (χ0v) is 19.0. The van der Waals surface area contributed by atoms with Crippen LogP contribution in [0.4, 0.5) is 5.69 Å². The highest BCUT2D eigenvalue weighted by molar-refractivity contribution is 7.89. The fourth-order valence-corrected chi connectivity index (χ4v) is 4.98. The minimum Gasteiger partial charge on any atom is -0.379 e. The number of amides is 2. The molecule has 2 amide bonds. The maximum atomic E-state index is 12.8. The number of ether oxygens (including phenoxy) is 1. The number of nitrogens with zero attached hydrogens (tertiary/aromatic N) is 2. The minimum absolute atomic E-state index is 0.0148. The lowest BCUT2D eigenvalue weighted by Gasteiger charge is -2.26. The van der Waals surface area contributed by atoms with Gasteiger partial charge in [-0.15, -0.1) is 0 Å². The second-order valence-electron chi connectivity index (χ2n) is 6.85. The van der Waals surface area contributed by atoms with Crippen LogP contribution in [-0.4, -0.2) is 69.3 Å². The summed E-state index contributed by atoms with van der Waals surface area (Å²) in [7, 11) is -2.30. The number of rotatable bonds is 6. The highest BCUT2D eigenvalue weighted by atomic mass is 35.5. The van der Waals surface area contributed by atoms with Crippen LogP contribution >= 0.6 is 23.2 Å². The Morgan fingerprint density at radius 1 is 1.10 bits per heavy atom. The van der Waals surface area contributed by atoms with Crippen molar-refractivity contribution in [2.45, 2.75) is 4.90 Å². The van der Waals surface area contributed by atoms with E-state index < -0.39 is 21.8 Å². The summed E-state index contributed by atoms with van der Waals surface area (Å²) in [5.74, 6) is -0.998. The van der Waals surface area contributed by atoms with Gasteiger partial charge in [0, 0.05) is 25.7 Å². The summed E-state index contributed by atoms with van der Waals surface area (Å²) in [4.78, 5) is 26.3. The number of sulfonamides is 1. The van der Waals surface area contributed by atoms with Gasteiger partial charge in [0.25, 0.3) is 5.91 Å². The lowest BCUT2D eigenvalue weighted by molar-refractivity contribution is -0.116. The highest BCUT2D eigenvalue weighted by Crippen LogP contribution is 2.29. The van der Waals surface area contributed by atoms with Crippen molar-refractivity contribution in [3.8, 4) is 0 Å². The Labute approximate surface area is 190 Å². The topological polar surface area (TPSA) is 96.0 Å². The molecule has 0 unspecified atom stereocenters. The number of hydrogen-bond acceptors (Lipinski definition) is 5. The summed E-state index contributed by atoms with van der Waals surface area (Å²) in [6, 6.07) is 10.6. The van der Waals surface area contributed by atoms with Crippen molar-refractivity contribution >= 4 is 50.7 Å². The fourth-order valence-electron chi connectivity index (χ4n) is 3.03.